The summed E-state index contributed by atoms with van der Waals surface area (Å²) < 4.78 is 7.82. The molecule has 2 heterocycles. The fourth-order valence-corrected chi connectivity index (χ4v) is 6.78. The molecule has 1 N–H and O–H groups in total. The zero-order chi connectivity index (χ0) is 31.0. The van der Waals surface area contributed by atoms with Gasteiger partial charge in [-0.2, -0.15) is 0 Å². The summed E-state index contributed by atoms with van der Waals surface area (Å²) in [6.45, 7) is 6.57. The van der Waals surface area contributed by atoms with Crippen LogP contribution in [0.4, 0.5) is 10.5 Å². The maximum Gasteiger partial charge on any atom is 0.407 e. The van der Waals surface area contributed by atoms with Gasteiger partial charge in [0.05, 0.1) is 24.0 Å². The van der Waals surface area contributed by atoms with Crippen molar-refractivity contribution < 1.29 is 9.53 Å². The lowest BCUT2D eigenvalue weighted by atomic mass is 9.94. The maximum absolute atomic E-state index is 13.2. The lowest BCUT2D eigenvalue weighted by Crippen LogP contribution is -2.46. The molecule has 6 rings (SSSR count). The number of benzene rings is 3. The van der Waals surface area contributed by atoms with Crippen LogP contribution in [0.3, 0.4) is 0 Å². The van der Waals surface area contributed by atoms with Crippen LogP contribution in [0, 0.1) is 6.92 Å². The van der Waals surface area contributed by atoms with Crippen LogP contribution in [-0.2, 0) is 24.1 Å². The lowest BCUT2D eigenvalue weighted by molar-refractivity contribution is 0.0946. The average Bonchev–Trinajstić information content (AvgIpc) is 3.75. The third-order valence-corrected chi connectivity index (χ3v) is 9.33. The predicted octanol–water partition coefficient (Wildman–Crippen LogP) is 6.63. The predicted molar refractivity (Wildman–Crippen MR) is 179 cm³/mol. The van der Waals surface area contributed by atoms with Gasteiger partial charge in [-0.15, -0.1) is 5.10 Å². The van der Waals surface area contributed by atoms with Crippen molar-refractivity contribution in [3.05, 3.63) is 112 Å². The summed E-state index contributed by atoms with van der Waals surface area (Å²) in [5.74, 6) is 0. The molecule has 2 aliphatic rings. The molecule has 9 heteroatoms. The third-order valence-electron chi connectivity index (χ3n) is 9.10. The smallest absolute Gasteiger partial charge is 0.407 e. The first kappa shape index (κ1) is 31.1. The summed E-state index contributed by atoms with van der Waals surface area (Å²) in [7, 11) is 0. The molecule has 3 aromatic carbocycles. The van der Waals surface area contributed by atoms with Crippen LogP contribution < -0.4 is 10.2 Å². The third kappa shape index (κ3) is 8.44. The Hall–Kier alpha value is -3.88. The minimum atomic E-state index is -0.353. The molecule has 8 nitrogen and oxygen atoms in total. The van der Waals surface area contributed by atoms with Crippen molar-refractivity contribution in [3.63, 3.8) is 0 Å². The van der Waals surface area contributed by atoms with Gasteiger partial charge >= 0.3 is 6.09 Å². The van der Waals surface area contributed by atoms with Crippen LogP contribution in [0.15, 0.2) is 85.1 Å². The normalized spacial score (nSPS) is 17.2. The van der Waals surface area contributed by atoms with E-state index in [4.69, 9.17) is 16.3 Å². The Bertz CT molecular complexity index is 1520. The average molecular weight is 627 g/mol. The van der Waals surface area contributed by atoms with Gasteiger partial charge < -0.3 is 15.0 Å². The van der Waals surface area contributed by atoms with Gasteiger partial charge in [0.15, 0.2) is 0 Å². The number of alkyl carbamates (subject to hydrolysis) is 1. The molecule has 45 heavy (non-hydrogen) atoms. The van der Waals surface area contributed by atoms with Crippen LogP contribution in [0.1, 0.15) is 54.1 Å². The van der Waals surface area contributed by atoms with E-state index in [1.807, 2.05) is 35.0 Å². The van der Waals surface area contributed by atoms with E-state index in [9.17, 15) is 4.79 Å². The number of piperazine rings is 1. The van der Waals surface area contributed by atoms with Crippen LogP contribution in [0.25, 0.3) is 0 Å². The monoisotopic (exact) mass is 626 g/mol. The first-order valence-electron chi connectivity index (χ1n) is 16.2. The first-order valence-corrected chi connectivity index (χ1v) is 16.6. The number of anilines is 1. The van der Waals surface area contributed by atoms with Gasteiger partial charge in [-0.05, 0) is 74.3 Å². The second kappa shape index (κ2) is 14.9. The van der Waals surface area contributed by atoms with E-state index in [2.05, 4.69) is 87.1 Å². The van der Waals surface area contributed by atoms with Crippen LogP contribution in [0.5, 0.6) is 0 Å². The topological polar surface area (TPSA) is 75.5 Å². The highest BCUT2D eigenvalue weighted by Gasteiger charge is 2.30. The summed E-state index contributed by atoms with van der Waals surface area (Å²) in [5, 5.41) is 13.3. The van der Waals surface area contributed by atoms with Gasteiger partial charge in [0.2, 0.25) is 0 Å². The molecule has 0 radical (unpaired) electrons. The van der Waals surface area contributed by atoms with Crippen LogP contribution >= 0.6 is 11.6 Å². The summed E-state index contributed by atoms with van der Waals surface area (Å²) in [6, 6.07) is 26.4. The van der Waals surface area contributed by atoms with Gasteiger partial charge in [0.1, 0.15) is 6.10 Å². The number of halogens is 1. The molecule has 0 bridgehead atoms. The van der Waals surface area contributed by atoms with Crippen LogP contribution in [0.2, 0.25) is 5.02 Å². The number of nitrogens with one attached hydrogen (secondary N) is 1. The molecule has 236 valence electrons. The lowest BCUT2D eigenvalue weighted by Gasteiger charge is -2.36. The van der Waals surface area contributed by atoms with Crippen molar-refractivity contribution in [2.45, 2.75) is 70.2 Å². The highest BCUT2D eigenvalue weighted by atomic mass is 35.5. The Labute approximate surface area is 271 Å². The number of aromatic nitrogens is 3. The number of aryl methyl sites for hydroxylation is 1. The molecule has 1 saturated carbocycles. The van der Waals surface area contributed by atoms with Crippen LogP contribution in [-0.4, -0.2) is 64.3 Å². The Morgan fingerprint density at radius 1 is 0.933 bits per heavy atom. The van der Waals surface area contributed by atoms with E-state index >= 15 is 0 Å². The number of ether oxygens (including phenoxy) is 1. The Balaban J connectivity index is 1.19. The standard InChI is InChI=1S/C36H43ClN6O2/c1-27-16-17-30(37)24-34(27)42-20-18-41(19-21-42)25-31-26-43(40-39-31)35(23-29-12-6-3-7-13-29)33(22-28-10-4-2-5-11-28)38-36(44)45-32-14-8-9-15-32/h2-7,10-13,16-17,24,26,32-33,35H,8-9,14-15,18-23,25H2,1H3,(H,38,44)/t33-,35-/m0/s1. The summed E-state index contributed by atoms with van der Waals surface area (Å²) in [5.41, 5.74) is 5.70. The SMILES string of the molecule is Cc1ccc(Cl)cc1N1CCN(Cc2cn([C@@H](Cc3ccccc3)[C@H](Cc3ccccc3)NC(=O)OC3CCCC3)nn2)CC1. The van der Waals surface area contributed by atoms with Crippen molar-refractivity contribution in [3.8, 4) is 0 Å². The number of nitrogens with zero attached hydrogens (tertiary/aromatic N) is 5. The molecule has 1 aromatic heterocycles. The minimum absolute atomic E-state index is 0.00354. The fraction of sp³-hybridized carbons (Fsp3) is 0.417. The Morgan fingerprint density at radius 3 is 2.29 bits per heavy atom. The summed E-state index contributed by atoms with van der Waals surface area (Å²) in [4.78, 5) is 18.1. The Morgan fingerprint density at radius 2 is 1.60 bits per heavy atom. The molecule has 1 saturated heterocycles. The van der Waals surface area contributed by atoms with Crippen molar-refractivity contribution in [2.75, 3.05) is 31.1 Å². The van der Waals surface area contributed by atoms with Gasteiger partial charge in [0.25, 0.3) is 0 Å². The Kier molecular flexibility index (Phi) is 10.3. The van der Waals surface area contributed by atoms with E-state index in [0.29, 0.717) is 12.8 Å². The number of carbonyl (C=O) groups excluding carboxylic acids is 1. The zero-order valence-electron chi connectivity index (χ0n) is 26.0. The zero-order valence-corrected chi connectivity index (χ0v) is 26.8. The van der Waals surface area contributed by atoms with Gasteiger partial charge in [-0.3, -0.25) is 4.90 Å². The number of carbonyl (C=O) groups is 1. The van der Waals surface area contributed by atoms with E-state index < -0.39 is 0 Å². The minimum Gasteiger partial charge on any atom is -0.446 e. The molecular formula is C36H43ClN6O2. The highest BCUT2D eigenvalue weighted by molar-refractivity contribution is 6.30. The first-order chi connectivity index (χ1) is 22.0. The second-order valence-corrected chi connectivity index (χ2v) is 12.8. The van der Waals surface area contributed by atoms with Gasteiger partial charge in [0, 0.05) is 43.4 Å². The molecule has 1 aliphatic carbocycles. The van der Waals surface area contributed by atoms with E-state index in [1.165, 1.54) is 16.8 Å². The molecule has 1 aliphatic heterocycles. The molecule has 1 amide bonds. The maximum atomic E-state index is 13.2. The molecule has 0 unspecified atom stereocenters. The number of hydrogen-bond acceptors (Lipinski definition) is 6. The van der Waals surface area contributed by atoms with Crippen molar-refractivity contribution in [1.82, 2.24) is 25.2 Å². The van der Waals surface area contributed by atoms with Crippen molar-refractivity contribution in [1.29, 1.82) is 0 Å². The van der Waals surface area contributed by atoms with Gasteiger partial charge in [-0.25, -0.2) is 9.48 Å². The van der Waals surface area contributed by atoms with Crippen molar-refractivity contribution in [2.24, 2.45) is 0 Å². The largest absolute Gasteiger partial charge is 0.446 e. The van der Waals surface area contributed by atoms with E-state index in [1.54, 1.807) is 0 Å². The molecular weight excluding hydrogens is 584 g/mol. The number of hydrogen-bond donors (Lipinski definition) is 1. The van der Waals surface area contributed by atoms with E-state index in [-0.39, 0.29) is 24.3 Å². The quantitative estimate of drug-likeness (QED) is 0.202. The second-order valence-electron chi connectivity index (χ2n) is 12.4. The van der Waals surface area contributed by atoms with Gasteiger partial charge in [-0.1, -0.05) is 83.5 Å². The molecule has 0 spiro atoms. The summed E-state index contributed by atoms with van der Waals surface area (Å²) in [6.07, 6.45) is 7.14. The highest BCUT2D eigenvalue weighted by Crippen LogP contribution is 2.27. The van der Waals surface area contributed by atoms with E-state index in [0.717, 1.165) is 74.7 Å². The summed E-state index contributed by atoms with van der Waals surface area (Å²) >= 11 is 6.30. The van der Waals surface area contributed by atoms with Crippen molar-refractivity contribution >= 4 is 23.4 Å². The number of rotatable bonds is 11. The molecule has 2 atom stereocenters. The fourth-order valence-electron chi connectivity index (χ4n) is 6.62. The molecule has 2 fully saturated rings. The number of amides is 1. The molecule has 4 aromatic rings.